The Morgan fingerprint density at radius 2 is 1.86 bits per heavy atom. The van der Waals surface area contributed by atoms with Crippen molar-refractivity contribution >= 4 is 17.4 Å². The molecule has 1 aliphatic rings. The summed E-state index contributed by atoms with van der Waals surface area (Å²) in [6.07, 6.45) is 5.13. The van der Waals surface area contributed by atoms with Crippen LogP contribution >= 0.6 is 11.6 Å². The Kier molecular flexibility index (Phi) is 4.34. The molecule has 0 amide bonds. The number of nitrogens with one attached hydrogen (secondary N) is 1. The van der Waals surface area contributed by atoms with Crippen molar-refractivity contribution in [3.63, 3.8) is 0 Å². The highest BCUT2D eigenvalue weighted by atomic mass is 35.5. The quantitative estimate of drug-likeness (QED) is 0.873. The number of hydrogen-bond donors (Lipinski definition) is 1. The van der Waals surface area contributed by atoms with E-state index < -0.39 is 0 Å². The molecule has 2 aromatic rings. The van der Waals surface area contributed by atoms with E-state index in [2.05, 4.69) is 15.3 Å². The molecule has 0 fully saturated rings. The van der Waals surface area contributed by atoms with Gasteiger partial charge in [0.25, 0.3) is 0 Å². The number of aromatic nitrogens is 2. The van der Waals surface area contributed by atoms with Crippen LogP contribution in [0.15, 0.2) is 24.3 Å². The number of anilines is 1. The Bertz CT molecular complexity index is 628. The summed E-state index contributed by atoms with van der Waals surface area (Å²) in [5.74, 6) is 0.648. The van der Waals surface area contributed by atoms with Crippen molar-refractivity contribution in [2.45, 2.75) is 32.1 Å². The summed E-state index contributed by atoms with van der Waals surface area (Å²) in [6, 6.07) is 6.58. The monoisotopic (exact) mass is 305 g/mol. The number of aryl methyl sites for hydroxylation is 1. The van der Waals surface area contributed by atoms with E-state index in [4.69, 9.17) is 11.6 Å². The molecule has 1 N–H and O–H groups in total. The van der Waals surface area contributed by atoms with Gasteiger partial charge in [-0.05, 0) is 61.4 Å². The average molecular weight is 306 g/mol. The fourth-order valence-corrected chi connectivity index (χ4v) is 2.87. The molecule has 1 aromatic carbocycles. The summed E-state index contributed by atoms with van der Waals surface area (Å²) < 4.78 is 12.9. The van der Waals surface area contributed by atoms with Gasteiger partial charge < -0.3 is 5.32 Å². The first kappa shape index (κ1) is 14.3. The zero-order valence-corrected chi connectivity index (χ0v) is 12.5. The second kappa shape index (κ2) is 6.39. The van der Waals surface area contributed by atoms with Gasteiger partial charge in [-0.25, -0.2) is 14.4 Å². The summed E-state index contributed by atoms with van der Waals surface area (Å²) >= 11 is 5.99. The summed E-state index contributed by atoms with van der Waals surface area (Å²) in [4.78, 5) is 8.64. The van der Waals surface area contributed by atoms with Gasteiger partial charge in [0.2, 0.25) is 5.28 Å². The molecule has 5 heteroatoms. The second-order valence-corrected chi connectivity index (χ2v) is 5.61. The van der Waals surface area contributed by atoms with Crippen molar-refractivity contribution in [1.82, 2.24) is 9.97 Å². The standard InChI is InChI=1S/C16H17ClFN3/c17-16-20-14-4-2-1-3-13(14)15(21-16)19-10-9-11-5-7-12(18)8-6-11/h5-8H,1-4,9-10H2,(H,19,20,21). The van der Waals surface area contributed by atoms with Crippen LogP contribution < -0.4 is 5.32 Å². The molecule has 0 aliphatic heterocycles. The number of benzene rings is 1. The van der Waals surface area contributed by atoms with Crippen LogP contribution in [0, 0.1) is 5.82 Å². The van der Waals surface area contributed by atoms with Crippen molar-refractivity contribution in [3.8, 4) is 0 Å². The van der Waals surface area contributed by atoms with Crippen molar-refractivity contribution < 1.29 is 4.39 Å². The number of rotatable bonds is 4. The zero-order chi connectivity index (χ0) is 14.7. The molecule has 0 atom stereocenters. The van der Waals surface area contributed by atoms with Crippen LogP contribution in [0.4, 0.5) is 10.2 Å². The van der Waals surface area contributed by atoms with Gasteiger partial charge in [0.05, 0.1) is 5.69 Å². The highest BCUT2D eigenvalue weighted by molar-refractivity contribution is 6.28. The largest absolute Gasteiger partial charge is 0.369 e. The third-order valence-corrected chi connectivity index (χ3v) is 3.94. The fourth-order valence-electron chi connectivity index (χ4n) is 2.69. The molecule has 0 bridgehead atoms. The Balaban J connectivity index is 1.67. The van der Waals surface area contributed by atoms with Crippen molar-refractivity contribution in [1.29, 1.82) is 0 Å². The average Bonchev–Trinajstić information content (AvgIpc) is 2.49. The first-order valence-electron chi connectivity index (χ1n) is 7.26. The molecule has 1 aromatic heterocycles. The van der Waals surface area contributed by atoms with E-state index in [1.54, 1.807) is 12.1 Å². The minimum absolute atomic E-state index is 0.205. The molecule has 0 saturated heterocycles. The number of halogens is 2. The van der Waals surface area contributed by atoms with Gasteiger partial charge in [-0.2, -0.15) is 0 Å². The van der Waals surface area contributed by atoms with Gasteiger partial charge >= 0.3 is 0 Å². The van der Waals surface area contributed by atoms with Crippen molar-refractivity contribution in [2.24, 2.45) is 0 Å². The number of hydrogen-bond acceptors (Lipinski definition) is 3. The molecule has 0 spiro atoms. The smallest absolute Gasteiger partial charge is 0.224 e. The minimum atomic E-state index is -0.205. The molecule has 1 heterocycles. The number of nitrogens with zero attached hydrogens (tertiary/aromatic N) is 2. The van der Waals surface area contributed by atoms with Crippen LogP contribution in [-0.2, 0) is 19.3 Å². The molecular formula is C16H17ClFN3. The maximum atomic E-state index is 12.9. The third-order valence-electron chi connectivity index (χ3n) is 3.78. The molecule has 0 radical (unpaired) electrons. The normalized spacial score (nSPS) is 13.8. The molecule has 110 valence electrons. The van der Waals surface area contributed by atoms with E-state index in [1.807, 2.05) is 0 Å². The lowest BCUT2D eigenvalue weighted by Crippen LogP contribution is -2.14. The van der Waals surface area contributed by atoms with Gasteiger partial charge in [-0.3, -0.25) is 0 Å². The van der Waals surface area contributed by atoms with E-state index in [0.29, 0.717) is 5.28 Å². The van der Waals surface area contributed by atoms with Gasteiger partial charge in [0.15, 0.2) is 0 Å². The number of fused-ring (bicyclic) bond motifs is 1. The molecule has 3 rings (SSSR count). The van der Waals surface area contributed by atoms with Crippen LogP contribution in [0.25, 0.3) is 0 Å². The highest BCUT2D eigenvalue weighted by Gasteiger charge is 2.16. The maximum Gasteiger partial charge on any atom is 0.224 e. The maximum absolute atomic E-state index is 12.9. The Hall–Kier alpha value is -1.68. The minimum Gasteiger partial charge on any atom is -0.369 e. The predicted octanol–water partition coefficient (Wildman–Crippen LogP) is 3.80. The van der Waals surface area contributed by atoms with Gasteiger partial charge in [-0.15, -0.1) is 0 Å². The highest BCUT2D eigenvalue weighted by Crippen LogP contribution is 2.26. The summed E-state index contributed by atoms with van der Waals surface area (Å²) in [5, 5.41) is 3.65. The first-order chi connectivity index (χ1) is 10.2. The van der Waals surface area contributed by atoms with E-state index in [1.165, 1.54) is 24.1 Å². The lowest BCUT2D eigenvalue weighted by atomic mass is 9.96. The first-order valence-corrected chi connectivity index (χ1v) is 7.64. The molecule has 0 saturated carbocycles. The van der Waals surface area contributed by atoms with Crippen LogP contribution in [0.1, 0.15) is 29.7 Å². The SMILES string of the molecule is Fc1ccc(CCNc2nc(Cl)nc3c2CCCC3)cc1. The molecule has 21 heavy (non-hydrogen) atoms. The third kappa shape index (κ3) is 3.50. The summed E-state index contributed by atoms with van der Waals surface area (Å²) in [7, 11) is 0. The lowest BCUT2D eigenvalue weighted by molar-refractivity contribution is 0.627. The van der Waals surface area contributed by atoms with Gasteiger partial charge in [-0.1, -0.05) is 12.1 Å². The van der Waals surface area contributed by atoms with E-state index in [0.717, 1.165) is 49.3 Å². The van der Waals surface area contributed by atoms with Crippen LogP contribution in [-0.4, -0.2) is 16.5 Å². The van der Waals surface area contributed by atoms with Crippen LogP contribution in [0.3, 0.4) is 0 Å². The Morgan fingerprint density at radius 3 is 2.67 bits per heavy atom. The van der Waals surface area contributed by atoms with Crippen molar-refractivity contribution in [2.75, 3.05) is 11.9 Å². The fraction of sp³-hybridized carbons (Fsp3) is 0.375. The van der Waals surface area contributed by atoms with Crippen molar-refractivity contribution in [3.05, 3.63) is 52.2 Å². The predicted molar refractivity (Wildman–Crippen MR) is 82.3 cm³/mol. The van der Waals surface area contributed by atoms with Gasteiger partial charge in [0.1, 0.15) is 11.6 Å². The Labute approximate surface area is 128 Å². The van der Waals surface area contributed by atoms with E-state index >= 15 is 0 Å². The molecule has 0 unspecified atom stereocenters. The molecular weight excluding hydrogens is 289 g/mol. The summed E-state index contributed by atoms with van der Waals surface area (Å²) in [6.45, 7) is 0.741. The zero-order valence-electron chi connectivity index (χ0n) is 11.7. The van der Waals surface area contributed by atoms with Crippen LogP contribution in [0.2, 0.25) is 5.28 Å². The van der Waals surface area contributed by atoms with Crippen LogP contribution in [0.5, 0.6) is 0 Å². The van der Waals surface area contributed by atoms with Gasteiger partial charge in [0, 0.05) is 12.1 Å². The Morgan fingerprint density at radius 1 is 1.10 bits per heavy atom. The van der Waals surface area contributed by atoms with E-state index in [9.17, 15) is 4.39 Å². The lowest BCUT2D eigenvalue weighted by Gasteiger charge is -2.18. The van der Waals surface area contributed by atoms with E-state index in [-0.39, 0.29) is 5.82 Å². The topological polar surface area (TPSA) is 37.8 Å². The summed E-state index contributed by atoms with van der Waals surface area (Å²) in [5.41, 5.74) is 3.37. The molecule has 3 nitrogen and oxygen atoms in total. The molecule has 1 aliphatic carbocycles. The second-order valence-electron chi connectivity index (χ2n) is 5.28.